The van der Waals surface area contributed by atoms with Crippen LogP contribution in [0.15, 0.2) is 79.4 Å². The Morgan fingerprint density at radius 2 is 1.61 bits per heavy atom. The molecule has 114 valence electrons. The topological polar surface area (TPSA) is 9.23 Å². The highest BCUT2D eigenvalue weighted by Crippen LogP contribution is 2.43. The summed E-state index contributed by atoms with van der Waals surface area (Å²) in [6.07, 6.45) is 2.92. The van der Waals surface area contributed by atoms with E-state index in [0.29, 0.717) is 0 Å². The molecule has 0 fully saturated rings. The van der Waals surface area contributed by atoms with Gasteiger partial charge in [0, 0.05) is 11.6 Å². The van der Waals surface area contributed by atoms with Gasteiger partial charge in [0.05, 0.1) is 0 Å². The van der Waals surface area contributed by atoms with Gasteiger partial charge in [-0.2, -0.15) is 0 Å². The molecule has 1 nitrogen and oxygen atoms in total. The summed E-state index contributed by atoms with van der Waals surface area (Å²) in [7, 11) is 0. The standard InChI is InChI=1S/C14H12O.C8H8/c1-2-10-3-5-11(6-4-10)13-8-7-12-9-14(13)15-12;1-2-8-6-4-3-5-7-8/h3-9H,2H2,1H3;2-7H,1H2. The second-order valence-electron chi connectivity index (χ2n) is 5.43. The van der Waals surface area contributed by atoms with Gasteiger partial charge in [-0.1, -0.05) is 74.2 Å². The van der Waals surface area contributed by atoms with Crippen LogP contribution in [0.2, 0.25) is 0 Å². The first-order valence-corrected chi connectivity index (χ1v) is 7.89. The zero-order chi connectivity index (χ0) is 16.1. The maximum atomic E-state index is 5.45. The molecule has 2 bridgehead atoms. The van der Waals surface area contributed by atoms with Crippen molar-refractivity contribution < 1.29 is 4.74 Å². The Morgan fingerprint density at radius 3 is 2.09 bits per heavy atom. The molecule has 0 radical (unpaired) electrons. The van der Waals surface area contributed by atoms with Crippen molar-refractivity contribution >= 4 is 6.08 Å². The number of hydrogen-bond donors (Lipinski definition) is 0. The smallest absolute Gasteiger partial charge is 0.138 e. The van der Waals surface area contributed by atoms with Crippen molar-refractivity contribution in [3.8, 4) is 22.6 Å². The Bertz CT molecular complexity index is 782. The summed E-state index contributed by atoms with van der Waals surface area (Å²) < 4.78 is 5.45. The van der Waals surface area contributed by atoms with Crippen LogP contribution >= 0.6 is 0 Å². The monoisotopic (exact) mass is 300 g/mol. The molecular weight excluding hydrogens is 280 g/mol. The number of aryl methyl sites for hydroxylation is 1. The highest BCUT2D eigenvalue weighted by Gasteiger charge is 2.16. The SMILES string of the molecule is C=Cc1ccccc1.CCc1ccc(-c2ccc3cc2O3)cc1. The molecule has 0 saturated heterocycles. The van der Waals surface area contributed by atoms with Gasteiger partial charge in [0.15, 0.2) is 0 Å². The fourth-order valence-electron chi connectivity index (χ4n) is 2.47. The summed E-state index contributed by atoms with van der Waals surface area (Å²) in [4.78, 5) is 0. The molecule has 3 aromatic rings. The first-order chi connectivity index (χ1) is 11.3. The predicted octanol–water partition coefficient (Wildman–Crippen LogP) is 6.35. The largest absolute Gasteiger partial charge is 0.456 e. The number of fused-ring (bicyclic) bond motifs is 2. The van der Waals surface area contributed by atoms with Gasteiger partial charge >= 0.3 is 0 Å². The Hall–Kier alpha value is -2.80. The molecule has 3 aromatic carbocycles. The maximum Gasteiger partial charge on any atom is 0.138 e. The molecule has 2 heterocycles. The van der Waals surface area contributed by atoms with E-state index in [1.54, 1.807) is 0 Å². The van der Waals surface area contributed by atoms with E-state index in [4.69, 9.17) is 4.74 Å². The van der Waals surface area contributed by atoms with Crippen LogP contribution in [0.25, 0.3) is 17.2 Å². The molecule has 0 aliphatic carbocycles. The Balaban J connectivity index is 0.000000166. The lowest BCUT2D eigenvalue weighted by molar-refractivity contribution is 0.440. The van der Waals surface area contributed by atoms with E-state index in [9.17, 15) is 0 Å². The summed E-state index contributed by atoms with van der Waals surface area (Å²) in [6.45, 7) is 5.80. The molecule has 5 rings (SSSR count). The summed E-state index contributed by atoms with van der Waals surface area (Å²) >= 11 is 0. The third-order valence-corrected chi connectivity index (χ3v) is 3.89. The number of ether oxygens (including phenoxy) is 1. The Morgan fingerprint density at radius 1 is 0.913 bits per heavy atom. The van der Waals surface area contributed by atoms with Crippen molar-refractivity contribution in [2.24, 2.45) is 0 Å². The van der Waals surface area contributed by atoms with Crippen molar-refractivity contribution in [1.82, 2.24) is 0 Å². The zero-order valence-corrected chi connectivity index (χ0v) is 13.3. The van der Waals surface area contributed by atoms with Crippen LogP contribution in [0.1, 0.15) is 18.1 Å². The van der Waals surface area contributed by atoms with Gasteiger partial charge in [0.2, 0.25) is 0 Å². The first kappa shape index (κ1) is 15.1. The van der Waals surface area contributed by atoms with Gasteiger partial charge < -0.3 is 4.74 Å². The molecule has 0 spiro atoms. The lowest BCUT2D eigenvalue weighted by atomic mass is 10.0. The van der Waals surface area contributed by atoms with Crippen LogP contribution in [-0.2, 0) is 6.42 Å². The molecular formula is C22H20O. The van der Waals surface area contributed by atoms with E-state index in [1.807, 2.05) is 42.5 Å². The lowest BCUT2D eigenvalue weighted by Crippen LogP contribution is -1.96. The van der Waals surface area contributed by atoms with Crippen LogP contribution in [0.5, 0.6) is 11.5 Å². The second kappa shape index (κ2) is 6.97. The van der Waals surface area contributed by atoms with Gasteiger partial charge in [-0.25, -0.2) is 0 Å². The molecule has 0 atom stereocenters. The minimum Gasteiger partial charge on any atom is -0.456 e. The highest BCUT2D eigenvalue weighted by atomic mass is 16.5. The first-order valence-electron chi connectivity index (χ1n) is 7.89. The van der Waals surface area contributed by atoms with Gasteiger partial charge in [-0.3, -0.25) is 0 Å². The molecule has 2 aliphatic heterocycles. The van der Waals surface area contributed by atoms with Crippen molar-refractivity contribution in [1.29, 1.82) is 0 Å². The molecule has 0 N–H and O–H groups in total. The van der Waals surface area contributed by atoms with Crippen LogP contribution in [-0.4, -0.2) is 0 Å². The summed E-state index contributed by atoms with van der Waals surface area (Å²) in [5.41, 5.74) is 4.96. The van der Waals surface area contributed by atoms with Crippen LogP contribution in [0.4, 0.5) is 0 Å². The highest BCUT2D eigenvalue weighted by molar-refractivity contribution is 5.75. The van der Waals surface area contributed by atoms with Crippen LogP contribution in [0.3, 0.4) is 0 Å². The maximum absolute atomic E-state index is 5.45. The molecule has 0 amide bonds. The predicted molar refractivity (Wildman–Crippen MR) is 97.9 cm³/mol. The van der Waals surface area contributed by atoms with E-state index >= 15 is 0 Å². The third kappa shape index (κ3) is 3.51. The van der Waals surface area contributed by atoms with Gasteiger partial charge in [0.1, 0.15) is 11.5 Å². The fraction of sp³-hybridized carbons (Fsp3) is 0.0909. The lowest BCUT2D eigenvalue weighted by Gasteiger charge is -2.20. The Kier molecular flexibility index (Phi) is 4.58. The van der Waals surface area contributed by atoms with Crippen molar-refractivity contribution in [2.75, 3.05) is 0 Å². The van der Waals surface area contributed by atoms with E-state index in [-0.39, 0.29) is 0 Å². The van der Waals surface area contributed by atoms with E-state index in [2.05, 4.69) is 49.9 Å². The zero-order valence-electron chi connectivity index (χ0n) is 13.3. The van der Waals surface area contributed by atoms with Gasteiger partial charge in [-0.15, -0.1) is 0 Å². The summed E-state index contributed by atoms with van der Waals surface area (Å²) in [6, 6.07) is 24.9. The van der Waals surface area contributed by atoms with Crippen LogP contribution in [0, 0.1) is 0 Å². The second-order valence-corrected chi connectivity index (χ2v) is 5.43. The number of benzene rings is 3. The molecule has 2 aliphatic rings. The summed E-state index contributed by atoms with van der Waals surface area (Å²) in [5, 5.41) is 0. The van der Waals surface area contributed by atoms with Gasteiger partial charge in [0.25, 0.3) is 0 Å². The van der Waals surface area contributed by atoms with E-state index < -0.39 is 0 Å². The minimum absolute atomic E-state index is 0.971. The number of hydrogen-bond acceptors (Lipinski definition) is 1. The number of rotatable bonds is 3. The van der Waals surface area contributed by atoms with E-state index in [0.717, 1.165) is 17.9 Å². The molecule has 0 saturated carbocycles. The van der Waals surface area contributed by atoms with Crippen LogP contribution < -0.4 is 4.74 Å². The van der Waals surface area contributed by atoms with Gasteiger partial charge in [-0.05, 0) is 35.2 Å². The normalized spacial score (nSPS) is 10.7. The molecule has 0 aromatic heterocycles. The van der Waals surface area contributed by atoms with E-state index in [1.165, 1.54) is 22.3 Å². The van der Waals surface area contributed by atoms with Crippen molar-refractivity contribution in [3.05, 3.63) is 90.5 Å². The summed E-state index contributed by atoms with van der Waals surface area (Å²) in [5.74, 6) is 1.97. The molecule has 0 unspecified atom stereocenters. The third-order valence-electron chi connectivity index (χ3n) is 3.89. The molecule has 1 heteroatoms. The quantitative estimate of drug-likeness (QED) is 0.428. The van der Waals surface area contributed by atoms with Crippen molar-refractivity contribution in [3.63, 3.8) is 0 Å². The fourth-order valence-corrected chi connectivity index (χ4v) is 2.47. The van der Waals surface area contributed by atoms with Crippen molar-refractivity contribution in [2.45, 2.75) is 13.3 Å². The Labute approximate surface area is 137 Å². The molecule has 23 heavy (non-hydrogen) atoms. The average Bonchev–Trinajstić information content (AvgIpc) is 2.62. The average molecular weight is 300 g/mol. The minimum atomic E-state index is 0.971.